The largest absolute Gasteiger partial charge is 0.383 e. The quantitative estimate of drug-likeness (QED) is 0.160. The van der Waals surface area contributed by atoms with Crippen LogP contribution in [0.15, 0.2) is 60.7 Å². The van der Waals surface area contributed by atoms with E-state index in [1.54, 1.807) is 24.3 Å². The lowest BCUT2D eigenvalue weighted by atomic mass is 9.82. The molecule has 3 N–H and O–H groups in total. The van der Waals surface area contributed by atoms with Crippen molar-refractivity contribution in [3.05, 3.63) is 94.8 Å². The molecule has 3 nitrogen and oxygen atoms in total. The van der Waals surface area contributed by atoms with E-state index in [1.807, 2.05) is 12.1 Å². The van der Waals surface area contributed by atoms with Crippen LogP contribution in [0.25, 0.3) is 11.1 Å². The molecule has 3 aromatic rings. The average molecular weight is 531 g/mol. The topological polar surface area (TPSA) is 59.1 Å². The molecule has 1 aliphatic rings. The molecule has 0 amide bonds. The van der Waals surface area contributed by atoms with E-state index in [0.29, 0.717) is 50.6 Å². The number of halogens is 5. The molecular formula is C30H31F5N2O. The van der Waals surface area contributed by atoms with Crippen molar-refractivity contribution in [1.29, 1.82) is 5.41 Å². The second-order valence-corrected chi connectivity index (χ2v) is 9.88. The molecular weight excluding hydrogens is 499 g/mol. The first-order valence-corrected chi connectivity index (χ1v) is 12.8. The van der Waals surface area contributed by atoms with E-state index in [-0.39, 0.29) is 23.0 Å². The fourth-order valence-corrected chi connectivity index (χ4v) is 4.95. The third kappa shape index (κ3) is 6.66. The minimum absolute atomic E-state index is 0.0172. The zero-order valence-corrected chi connectivity index (χ0v) is 20.9. The number of hydrogen-bond donors (Lipinski definition) is 2. The highest BCUT2D eigenvalue weighted by atomic mass is 19.3. The minimum Gasteiger partial charge on any atom is -0.330 e. The monoisotopic (exact) mass is 530 g/mol. The number of hydrogen-bond acceptors (Lipinski definition) is 3. The summed E-state index contributed by atoms with van der Waals surface area (Å²) in [5.74, 6) is -3.83. The van der Waals surface area contributed by atoms with Gasteiger partial charge in [0.1, 0.15) is 0 Å². The van der Waals surface area contributed by atoms with Gasteiger partial charge in [-0.25, -0.2) is 13.2 Å². The Hall–Kier alpha value is -3.10. The number of aryl methyl sites for hydroxylation is 1. The summed E-state index contributed by atoms with van der Waals surface area (Å²) in [7, 11) is 0. The van der Waals surface area contributed by atoms with Crippen molar-refractivity contribution in [2.45, 2.75) is 56.7 Å². The Morgan fingerprint density at radius 3 is 2.05 bits per heavy atom. The number of rotatable bonds is 10. The predicted octanol–water partition coefficient (Wildman–Crippen LogP) is 7.72. The van der Waals surface area contributed by atoms with Crippen LogP contribution in [0, 0.1) is 28.8 Å². The summed E-state index contributed by atoms with van der Waals surface area (Å²) in [4.78, 5) is 0. The van der Waals surface area contributed by atoms with E-state index in [1.165, 1.54) is 18.3 Å². The molecule has 1 saturated carbocycles. The second-order valence-electron chi connectivity index (χ2n) is 9.88. The van der Waals surface area contributed by atoms with Crippen molar-refractivity contribution in [2.75, 3.05) is 6.54 Å². The molecule has 1 unspecified atom stereocenters. The zero-order chi connectivity index (χ0) is 27.3. The molecule has 202 valence electrons. The van der Waals surface area contributed by atoms with Gasteiger partial charge in [0, 0.05) is 12.5 Å². The third-order valence-electron chi connectivity index (χ3n) is 7.32. The van der Waals surface area contributed by atoms with Gasteiger partial charge in [-0.1, -0.05) is 48.5 Å². The highest BCUT2D eigenvalue weighted by Crippen LogP contribution is 2.39. The smallest absolute Gasteiger partial charge is 0.330 e. The Morgan fingerprint density at radius 2 is 1.50 bits per heavy atom. The Bertz CT molecular complexity index is 1200. The first-order chi connectivity index (χ1) is 18.2. The Balaban J connectivity index is 1.31. The molecule has 0 saturated heterocycles. The summed E-state index contributed by atoms with van der Waals surface area (Å²) in [6.45, 7) is 0.388. The molecule has 3 aromatic carbocycles. The predicted molar refractivity (Wildman–Crippen MR) is 138 cm³/mol. The van der Waals surface area contributed by atoms with E-state index >= 15 is 0 Å². The number of benzene rings is 3. The lowest BCUT2D eigenvalue weighted by molar-refractivity contribution is -0.277. The Kier molecular flexibility index (Phi) is 8.95. The summed E-state index contributed by atoms with van der Waals surface area (Å²) in [5, 5.41) is 7.33. The standard InChI is InChI=1S/C30H31F5N2O/c31-27-15-24(16-28(32)29(27)33)23-7-5-21(6-8-23)22-9-13-26(14-10-22)38-30(34,35)25-11-3-19(4-12-25)1-2-20(17-36)18-37/h3-8,11-12,15-17,20,22,26,36H,1-2,9-10,13-14,18,37H2. The fourth-order valence-electron chi connectivity index (χ4n) is 4.95. The van der Waals surface area contributed by atoms with Crippen LogP contribution in [-0.4, -0.2) is 18.9 Å². The normalized spacial score (nSPS) is 18.8. The maximum atomic E-state index is 14.9. The van der Waals surface area contributed by atoms with Gasteiger partial charge >= 0.3 is 6.11 Å². The minimum atomic E-state index is -3.40. The highest BCUT2D eigenvalue weighted by Gasteiger charge is 2.37. The van der Waals surface area contributed by atoms with Gasteiger partial charge in [0.25, 0.3) is 0 Å². The van der Waals surface area contributed by atoms with Gasteiger partial charge in [0.05, 0.1) is 11.7 Å². The van der Waals surface area contributed by atoms with Crippen LogP contribution in [0.2, 0.25) is 0 Å². The first kappa shape index (κ1) is 27.9. The molecule has 1 atom stereocenters. The molecule has 1 fully saturated rings. The van der Waals surface area contributed by atoms with Crippen LogP contribution in [0.4, 0.5) is 22.0 Å². The summed E-state index contributed by atoms with van der Waals surface area (Å²) >= 11 is 0. The van der Waals surface area contributed by atoms with Crippen LogP contribution in [0.3, 0.4) is 0 Å². The van der Waals surface area contributed by atoms with E-state index in [9.17, 15) is 22.0 Å². The maximum Gasteiger partial charge on any atom is 0.383 e. The second kappa shape index (κ2) is 12.2. The van der Waals surface area contributed by atoms with Gasteiger partial charge in [0.15, 0.2) is 17.5 Å². The third-order valence-corrected chi connectivity index (χ3v) is 7.32. The molecule has 4 rings (SSSR count). The Morgan fingerprint density at radius 1 is 0.895 bits per heavy atom. The van der Waals surface area contributed by atoms with E-state index in [0.717, 1.165) is 23.3 Å². The van der Waals surface area contributed by atoms with Crippen molar-refractivity contribution in [3.63, 3.8) is 0 Å². The van der Waals surface area contributed by atoms with E-state index in [2.05, 4.69) is 0 Å². The van der Waals surface area contributed by atoms with Gasteiger partial charge in [-0.05, 0) is 85.0 Å². The molecule has 0 aromatic heterocycles. The Labute approximate surface area is 219 Å². The SMILES string of the molecule is N=CC(CN)CCc1ccc(C(F)(F)OC2CCC(c3ccc(-c4cc(F)c(F)c(F)c4)cc3)CC2)cc1. The number of ether oxygens (including phenoxy) is 1. The molecule has 0 radical (unpaired) electrons. The van der Waals surface area contributed by atoms with E-state index < -0.39 is 29.7 Å². The molecule has 0 spiro atoms. The molecule has 0 aliphatic heterocycles. The zero-order valence-electron chi connectivity index (χ0n) is 20.9. The number of alkyl halides is 2. The molecule has 38 heavy (non-hydrogen) atoms. The van der Waals surface area contributed by atoms with Gasteiger partial charge < -0.3 is 15.9 Å². The lowest BCUT2D eigenvalue weighted by Gasteiger charge is -2.31. The van der Waals surface area contributed by atoms with Crippen molar-refractivity contribution >= 4 is 6.21 Å². The summed E-state index contributed by atoms with van der Waals surface area (Å²) < 4.78 is 75.3. The average Bonchev–Trinajstić information content (AvgIpc) is 2.92. The first-order valence-electron chi connectivity index (χ1n) is 12.8. The molecule has 8 heteroatoms. The van der Waals surface area contributed by atoms with Gasteiger partial charge in [-0.15, -0.1) is 0 Å². The maximum absolute atomic E-state index is 14.9. The number of nitrogens with one attached hydrogen (secondary N) is 1. The molecule has 0 bridgehead atoms. The van der Waals surface area contributed by atoms with Crippen molar-refractivity contribution in [2.24, 2.45) is 11.7 Å². The van der Waals surface area contributed by atoms with Gasteiger partial charge in [-0.2, -0.15) is 8.78 Å². The fraction of sp³-hybridized carbons (Fsp3) is 0.367. The van der Waals surface area contributed by atoms with Crippen LogP contribution < -0.4 is 5.73 Å². The summed E-state index contributed by atoms with van der Waals surface area (Å²) in [6, 6.07) is 15.2. The number of nitrogens with two attached hydrogens (primary N) is 1. The highest BCUT2D eigenvalue weighted by molar-refractivity contribution is 5.64. The van der Waals surface area contributed by atoms with Crippen molar-refractivity contribution in [1.82, 2.24) is 0 Å². The molecule has 1 aliphatic carbocycles. The van der Waals surface area contributed by atoms with E-state index in [4.69, 9.17) is 15.9 Å². The van der Waals surface area contributed by atoms with Crippen molar-refractivity contribution < 1.29 is 26.7 Å². The van der Waals surface area contributed by atoms with Crippen LogP contribution in [-0.2, 0) is 17.3 Å². The van der Waals surface area contributed by atoms with Gasteiger partial charge in [0.2, 0.25) is 0 Å². The van der Waals surface area contributed by atoms with Crippen molar-refractivity contribution in [3.8, 4) is 11.1 Å². The lowest BCUT2D eigenvalue weighted by Crippen LogP contribution is -2.29. The van der Waals surface area contributed by atoms with Crippen LogP contribution in [0.1, 0.15) is 54.7 Å². The summed E-state index contributed by atoms with van der Waals surface area (Å²) in [5.41, 5.74) is 8.14. The van der Waals surface area contributed by atoms with Crippen LogP contribution >= 0.6 is 0 Å². The molecule has 0 heterocycles. The van der Waals surface area contributed by atoms with Crippen LogP contribution in [0.5, 0.6) is 0 Å². The van der Waals surface area contributed by atoms with Gasteiger partial charge in [-0.3, -0.25) is 0 Å². The summed E-state index contributed by atoms with van der Waals surface area (Å²) in [6.07, 6.45) is 1.03.